The van der Waals surface area contributed by atoms with E-state index in [4.69, 9.17) is 5.11 Å². The van der Waals surface area contributed by atoms with E-state index in [0.717, 1.165) is 36.9 Å². The van der Waals surface area contributed by atoms with E-state index in [1.165, 1.54) is 0 Å². The van der Waals surface area contributed by atoms with Crippen LogP contribution in [0.4, 0.5) is 0 Å². The first-order valence-corrected chi connectivity index (χ1v) is 6.74. The highest BCUT2D eigenvalue weighted by Gasteiger charge is 2.21. The Kier molecular flexibility index (Phi) is 4.20. The molecular weight excluding hydrogens is 242 g/mol. The lowest BCUT2D eigenvalue weighted by atomic mass is 9.97. The van der Waals surface area contributed by atoms with Crippen LogP contribution in [-0.2, 0) is 17.8 Å². The quantitative estimate of drug-likeness (QED) is 0.905. The fourth-order valence-electron chi connectivity index (χ4n) is 2.39. The van der Waals surface area contributed by atoms with Gasteiger partial charge in [0.15, 0.2) is 0 Å². The molecule has 4 nitrogen and oxygen atoms in total. The van der Waals surface area contributed by atoms with Crippen molar-refractivity contribution in [3.8, 4) is 0 Å². The molecule has 0 aliphatic carbocycles. The molecule has 1 aromatic carbocycles. The molecule has 19 heavy (non-hydrogen) atoms. The molecule has 0 aromatic heterocycles. The van der Waals surface area contributed by atoms with Gasteiger partial charge in [-0.3, -0.25) is 4.79 Å². The monoisotopic (exact) mass is 261 g/mol. The summed E-state index contributed by atoms with van der Waals surface area (Å²) in [6.07, 6.45) is 3.33. The maximum atomic E-state index is 12.0. The van der Waals surface area contributed by atoms with E-state index < -0.39 is 5.97 Å². The third kappa shape index (κ3) is 3.13. The summed E-state index contributed by atoms with van der Waals surface area (Å²) in [4.78, 5) is 24.8. The number of benzene rings is 1. The predicted octanol–water partition coefficient (Wildman–Crippen LogP) is 2.46. The Morgan fingerprint density at radius 1 is 1.32 bits per heavy atom. The molecule has 102 valence electrons. The van der Waals surface area contributed by atoms with Crippen LogP contribution < -0.4 is 0 Å². The summed E-state index contributed by atoms with van der Waals surface area (Å²) in [6.45, 7) is 3.35. The van der Waals surface area contributed by atoms with Gasteiger partial charge in [-0.25, -0.2) is 4.79 Å². The minimum atomic E-state index is -0.919. The van der Waals surface area contributed by atoms with Crippen molar-refractivity contribution >= 4 is 11.9 Å². The summed E-state index contributed by atoms with van der Waals surface area (Å²) in [5, 5.41) is 9.00. The number of carboxylic acid groups (broad SMARTS) is 1. The Hall–Kier alpha value is -1.84. The van der Waals surface area contributed by atoms with Crippen LogP contribution in [0.1, 0.15) is 47.7 Å². The van der Waals surface area contributed by atoms with Crippen molar-refractivity contribution in [2.75, 3.05) is 6.54 Å². The average Bonchev–Trinajstić information content (AvgIpc) is 2.43. The van der Waals surface area contributed by atoms with Crippen LogP contribution in [0.15, 0.2) is 18.2 Å². The summed E-state index contributed by atoms with van der Waals surface area (Å²) < 4.78 is 0. The molecule has 0 spiro atoms. The van der Waals surface area contributed by atoms with Crippen molar-refractivity contribution in [2.24, 2.45) is 0 Å². The molecule has 0 atom stereocenters. The molecule has 0 saturated heterocycles. The second-order valence-corrected chi connectivity index (χ2v) is 4.96. The van der Waals surface area contributed by atoms with Gasteiger partial charge in [0.2, 0.25) is 5.91 Å². The number of carbonyl (C=O) groups is 2. The Bertz CT molecular complexity index is 496. The maximum Gasteiger partial charge on any atom is 0.335 e. The number of nitrogens with zero attached hydrogens (tertiary/aromatic N) is 1. The molecule has 1 N–H and O–H groups in total. The van der Waals surface area contributed by atoms with E-state index in [0.29, 0.717) is 18.5 Å². The zero-order valence-corrected chi connectivity index (χ0v) is 11.2. The molecule has 1 aliphatic rings. The fourth-order valence-corrected chi connectivity index (χ4v) is 2.39. The first-order chi connectivity index (χ1) is 9.11. The van der Waals surface area contributed by atoms with Gasteiger partial charge in [-0.2, -0.15) is 0 Å². The number of hydrogen-bond donors (Lipinski definition) is 1. The van der Waals surface area contributed by atoms with E-state index in [2.05, 4.69) is 6.92 Å². The van der Waals surface area contributed by atoms with Crippen LogP contribution >= 0.6 is 0 Å². The largest absolute Gasteiger partial charge is 0.478 e. The number of hydrogen-bond acceptors (Lipinski definition) is 2. The number of unbranched alkanes of at least 4 members (excludes halogenated alkanes) is 1. The van der Waals surface area contributed by atoms with Gasteiger partial charge in [-0.15, -0.1) is 0 Å². The van der Waals surface area contributed by atoms with Crippen molar-refractivity contribution in [2.45, 2.75) is 39.2 Å². The number of amides is 1. The third-order valence-electron chi connectivity index (χ3n) is 3.56. The van der Waals surface area contributed by atoms with E-state index in [1.807, 2.05) is 11.0 Å². The lowest BCUT2D eigenvalue weighted by Crippen LogP contribution is -2.35. The Labute approximate surface area is 113 Å². The van der Waals surface area contributed by atoms with Crippen LogP contribution in [0.25, 0.3) is 0 Å². The molecule has 1 heterocycles. The maximum absolute atomic E-state index is 12.0. The normalized spacial score (nSPS) is 14.1. The summed E-state index contributed by atoms with van der Waals surface area (Å²) >= 11 is 0. The zero-order valence-electron chi connectivity index (χ0n) is 11.2. The van der Waals surface area contributed by atoms with Gasteiger partial charge in [-0.05, 0) is 36.1 Å². The lowest BCUT2D eigenvalue weighted by molar-refractivity contribution is -0.132. The predicted molar refractivity (Wildman–Crippen MR) is 72.0 cm³/mol. The number of carbonyl (C=O) groups excluding carboxylic acids is 1. The van der Waals surface area contributed by atoms with E-state index in [9.17, 15) is 9.59 Å². The van der Waals surface area contributed by atoms with Crippen LogP contribution in [-0.4, -0.2) is 28.4 Å². The summed E-state index contributed by atoms with van der Waals surface area (Å²) in [5.74, 6) is -0.745. The van der Waals surface area contributed by atoms with Gasteiger partial charge in [-0.1, -0.05) is 19.4 Å². The van der Waals surface area contributed by atoms with E-state index in [1.54, 1.807) is 12.1 Å². The molecule has 1 amide bonds. The SMILES string of the molecule is CCCCC(=O)N1CCc2ccc(C(=O)O)cc2C1. The van der Waals surface area contributed by atoms with Gasteiger partial charge in [0.1, 0.15) is 0 Å². The van der Waals surface area contributed by atoms with Crippen LogP contribution in [0, 0.1) is 0 Å². The minimum Gasteiger partial charge on any atom is -0.478 e. The fraction of sp³-hybridized carbons (Fsp3) is 0.467. The highest BCUT2D eigenvalue weighted by Crippen LogP contribution is 2.21. The Balaban J connectivity index is 2.11. The minimum absolute atomic E-state index is 0.174. The Morgan fingerprint density at radius 2 is 2.11 bits per heavy atom. The molecule has 1 aromatic rings. The molecule has 2 rings (SSSR count). The Morgan fingerprint density at radius 3 is 2.79 bits per heavy atom. The lowest BCUT2D eigenvalue weighted by Gasteiger charge is -2.29. The summed E-state index contributed by atoms with van der Waals surface area (Å²) in [5.41, 5.74) is 2.42. The standard InChI is InChI=1S/C15H19NO3/c1-2-3-4-14(17)16-8-7-11-5-6-12(15(18)19)9-13(11)10-16/h5-6,9H,2-4,7-8,10H2,1H3,(H,18,19). The number of rotatable bonds is 4. The molecule has 0 radical (unpaired) electrons. The van der Waals surface area contributed by atoms with Crippen molar-refractivity contribution in [1.82, 2.24) is 4.90 Å². The van der Waals surface area contributed by atoms with Crippen molar-refractivity contribution in [3.05, 3.63) is 34.9 Å². The van der Waals surface area contributed by atoms with Gasteiger partial charge in [0.05, 0.1) is 5.56 Å². The molecule has 4 heteroatoms. The highest BCUT2D eigenvalue weighted by molar-refractivity contribution is 5.88. The van der Waals surface area contributed by atoms with Crippen LogP contribution in [0.2, 0.25) is 0 Å². The van der Waals surface area contributed by atoms with Crippen LogP contribution in [0.5, 0.6) is 0 Å². The van der Waals surface area contributed by atoms with Gasteiger partial charge >= 0.3 is 5.97 Å². The zero-order chi connectivity index (χ0) is 13.8. The number of carboxylic acids is 1. The smallest absolute Gasteiger partial charge is 0.335 e. The third-order valence-corrected chi connectivity index (χ3v) is 3.56. The second kappa shape index (κ2) is 5.87. The van der Waals surface area contributed by atoms with Gasteiger partial charge in [0, 0.05) is 19.5 Å². The molecule has 0 bridgehead atoms. The second-order valence-electron chi connectivity index (χ2n) is 4.96. The summed E-state index contributed by atoms with van der Waals surface area (Å²) in [6, 6.07) is 5.19. The molecular formula is C15H19NO3. The first-order valence-electron chi connectivity index (χ1n) is 6.74. The highest BCUT2D eigenvalue weighted by atomic mass is 16.4. The average molecular weight is 261 g/mol. The van der Waals surface area contributed by atoms with Crippen molar-refractivity contribution < 1.29 is 14.7 Å². The first kappa shape index (κ1) is 13.6. The summed E-state index contributed by atoms with van der Waals surface area (Å²) in [7, 11) is 0. The van der Waals surface area contributed by atoms with Crippen molar-refractivity contribution in [1.29, 1.82) is 0 Å². The van der Waals surface area contributed by atoms with Crippen molar-refractivity contribution in [3.63, 3.8) is 0 Å². The topological polar surface area (TPSA) is 57.6 Å². The number of aromatic carboxylic acids is 1. The molecule has 0 unspecified atom stereocenters. The van der Waals surface area contributed by atoms with E-state index >= 15 is 0 Å². The molecule has 0 fully saturated rings. The molecule has 1 aliphatic heterocycles. The van der Waals surface area contributed by atoms with E-state index in [-0.39, 0.29) is 5.91 Å². The van der Waals surface area contributed by atoms with Gasteiger partial charge < -0.3 is 10.0 Å². The molecule has 0 saturated carbocycles. The number of fused-ring (bicyclic) bond motifs is 1. The van der Waals surface area contributed by atoms with Crippen LogP contribution in [0.3, 0.4) is 0 Å². The van der Waals surface area contributed by atoms with Gasteiger partial charge in [0.25, 0.3) is 0 Å².